The molecule has 2 aromatic heterocycles. The van der Waals surface area contributed by atoms with Crippen LogP contribution < -0.4 is 15.8 Å². The van der Waals surface area contributed by atoms with Crippen LogP contribution in [-0.2, 0) is 7.05 Å². The van der Waals surface area contributed by atoms with Crippen molar-refractivity contribution in [2.45, 2.75) is 18.9 Å². The maximum Gasteiger partial charge on any atom is 0.293 e. The predicted octanol–water partition coefficient (Wildman–Crippen LogP) is 1.41. The van der Waals surface area contributed by atoms with E-state index in [-0.39, 0.29) is 11.6 Å². The normalized spacial score (nSPS) is 18.3. The molecule has 1 atom stereocenters. The number of anilines is 2. The van der Waals surface area contributed by atoms with E-state index in [1.807, 2.05) is 4.90 Å². The molecular weight excluding hydrogens is 348 g/mol. The lowest BCUT2D eigenvalue weighted by Gasteiger charge is -2.33. The Bertz CT molecular complexity index is 701. The molecule has 0 radical (unpaired) electrons. The Hall–Kier alpha value is -1.96. The average molecular weight is 365 g/mol. The van der Waals surface area contributed by atoms with E-state index in [9.17, 15) is 4.79 Å². The molecule has 1 saturated heterocycles. The molecule has 3 heterocycles. The second-order valence-electron chi connectivity index (χ2n) is 5.32. The molecule has 0 spiro atoms. The SMILES string of the molecule is Cn1ccnc(N2CCC[C@@H](Nc3ncc(Br)cn3)C2)c1=O. The van der Waals surface area contributed by atoms with E-state index >= 15 is 0 Å². The molecule has 0 aromatic carbocycles. The Balaban J connectivity index is 1.72. The Morgan fingerprint density at radius 3 is 2.86 bits per heavy atom. The van der Waals surface area contributed by atoms with E-state index < -0.39 is 0 Å². The molecule has 0 amide bonds. The topological polar surface area (TPSA) is 75.9 Å². The van der Waals surface area contributed by atoms with E-state index in [0.717, 1.165) is 23.9 Å². The van der Waals surface area contributed by atoms with Crippen molar-refractivity contribution in [2.24, 2.45) is 7.05 Å². The number of piperidine rings is 1. The highest BCUT2D eigenvalue weighted by atomic mass is 79.9. The smallest absolute Gasteiger partial charge is 0.293 e. The first-order valence-corrected chi connectivity index (χ1v) is 7.93. The summed E-state index contributed by atoms with van der Waals surface area (Å²) in [5, 5.41) is 3.32. The lowest BCUT2D eigenvalue weighted by Crippen LogP contribution is -2.45. The predicted molar refractivity (Wildman–Crippen MR) is 88.1 cm³/mol. The first-order valence-electron chi connectivity index (χ1n) is 7.14. The largest absolute Gasteiger partial charge is 0.350 e. The van der Waals surface area contributed by atoms with Gasteiger partial charge in [0.05, 0.1) is 4.47 Å². The second kappa shape index (κ2) is 6.43. The summed E-state index contributed by atoms with van der Waals surface area (Å²) in [6, 6.07) is 0.196. The Labute approximate surface area is 136 Å². The minimum atomic E-state index is -0.0666. The summed E-state index contributed by atoms with van der Waals surface area (Å²) >= 11 is 3.32. The minimum absolute atomic E-state index is 0.0666. The second-order valence-corrected chi connectivity index (χ2v) is 6.24. The van der Waals surface area contributed by atoms with Gasteiger partial charge in [0.15, 0.2) is 5.82 Å². The molecule has 3 rings (SSSR count). The molecule has 1 aliphatic rings. The highest BCUT2D eigenvalue weighted by Gasteiger charge is 2.23. The van der Waals surface area contributed by atoms with E-state index in [0.29, 0.717) is 18.3 Å². The third kappa shape index (κ3) is 3.27. The van der Waals surface area contributed by atoms with Gasteiger partial charge in [-0.15, -0.1) is 0 Å². The van der Waals surface area contributed by atoms with Gasteiger partial charge in [0.25, 0.3) is 5.56 Å². The van der Waals surface area contributed by atoms with Crippen molar-refractivity contribution in [1.29, 1.82) is 0 Å². The van der Waals surface area contributed by atoms with E-state index in [1.165, 1.54) is 0 Å². The van der Waals surface area contributed by atoms with Crippen LogP contribution in [0, 0.1) is 0 Å². The van der Waals surface area contributed by atoms with Gasteiger partial charge in [-0.1, -0.05) is 0 Å². The van der Waals surface area contributed by atoms with Gasteiger partial charge in [-0.25, -0.2) is 15.0 Å². The number of hydrogen-bond donors (Lipinski definition) is 1. The van der Waals surface area contributed by atoms with Crippen LogP contribution in [0.4, 0.5) is 11.8 Å². The number of aromatic nitrogens is 4. The quantitative estimate of drug-likeness (QED) is 0.887. The van der Waals surface area contributed by atoms with Crippen LogP contribution in [0.3, 0.4) is 0 Å². The van der Waals surface area contributed by atoms with E-state index in [1.54, 1.807) is 36.4 Å². The standard InChI is InChI=1S/C14H17BrN6O/c1-20-6-4-16-12(13(20)22)21-5-2-3-11(9-21)19-14-17-7-10(15)8-18-14/h4,6-8,11H,2-3,5,9H2,1H3,(H,17,18,19)/t11-/m1/s1. The van der Waals surface area contributed by atoms with Crippen molar-refractivity contribution in [2.75, 3.05) is 23.3 Å². The highest BCUT2D eigenvalue weighted by Crippen LogP contribution is 2.17. The molecule has 0 aliphatic carbocycles. The third-order valence-corrected chi connectivity index (χ3v) is 4.08. The third-order valence-electron chi connectivity index (χ3n) is 3.67. The van der Waals surface area contributed by atoms with Crippen molar-refractivity contribution in [1.82, 2.24) is 19.5 Å². The van der Waals surface area contributed by atoms with Gasteiger partial charge in [0, 0.05) is 51.0 Å². The molecule has 0 bridgehead atoms. The summed E-state index contributed by atoms with van der Waals surface area (Å²) in [6.07, 6.45) is 8.76. The van der Waals surface area contributed by atoms with E-state index in [2.05, 4.69) is 36.2 Å². The van der Waals surface area contributed by atoms with Gasteiger partial charge in [0.2, 0.25) is 5.95 Å². The summed E-state index contributed by atoms with van der Waals surface area (Å²) in [5.74, 6) is 1.11. The molecule has 8 heteroatoms. The molecule has 22 heavy (non-hydrogen) atoms. The zero-order chi connectivity index (χ0) is 15.5. The van der Waals surface area contributed by atoms with Crippen LogP contribution in [0.1, 0.15) is 12.8 Å². The zero-order valence-electron chi connectivity index (χ0n) is 12.2. The summed E-state index contributed by atoms with van der Waals surface area (Å²) < 4.78 is 2.40. The Morgan fingerprint density at radius 1 is 1.32 bits per heavy atom. The van der Waals surface area contributed by atoms with Crippen LogP contribution in [0.25, 0.3) is 0 Å². The Kier molecular flexibility index (Phi) is 4.37. The number of halogens is 1. The van der Waals surface area contributed by atoms with Gasteiger partial charge in [0.1, 0.15) is 0 Å². The van der Waals surface area contributed by atoms with Gasteiger partial charge < -0.3 is 14.8 Å². The zero-order valence-corrected chi connectivity index (χ0v) is 13.8. The fourth-order valence-corrected chi connectivity index (χ4v) is 2.76. The van der Waals surface area contributed by atoms with Crippen LogP contribution >= 0.6 is 15.9 Å². The van der Waals surface area contributed by atoms with Gasteiger partial charge >= 0.3 is 0 Å². The van der Waals surface area contributed by atoms with Crippen molar-refractivity contribution in [3.63, 3.8) is 0 Å². The molecule has 1 N–H and O–H groups in total. The van der Waals surface area contributed by atoms with Crippen molar-refractivity contribution in [3.05, 3.63) is 39.6 Å². The number of nitrogens with one attached hydrogen (secondary N) is 1. The minimum Gasteiger partial charge on any atom is -0.350 e. The summed E-state index contributed by atoms with van der Waals surface area (Å²) in [6.45, 7) is 1.55. The van der Waals surface area contributed by atoms with Crippen molar-refractivity contribution in [3.8, 4) is 0 Å². The van der Waals surface area contributed by atoms with Crippen molar-refractivity contribution >= 4 is 27.7 Å². The molecule has 7 nitrogen and oxygen atoms in total. The van der Waals surface area contributed by atoms with Gasteiger partial charge in [-0.05, 0) is 28.8 Å². The molecule has 2 aromatic rings. The van der Waals surface area contributed by atoms with Crippen LogP contribution in [-0.4, -0.2) is 38.7 Å². The number of hydrogen-bond acceptors (Lipinski definition) is 6. The average Bonchev–Trinajstić information content (AvgIpc) is 2.53. The van der Waals surface area contributed by atoms with Crippen LogP contribution in [0.5, 0.6) is 0 Å². The first kappa shape index (κ1) is 15.0. The number of nitrogens with zero attached hydrogens (tertiary/aromatic N) is 5. The monoisotopic (exact) mass is 364 g/mol. The highest BCUT2D eigenvalue weighted by molar-refractivity contribution is 9.10. The summed E-state index contributed by atoms with van der Waals surface area (Å²) in [7, 11) is 1.74. The van der Waals surface area contributed by atoms with Gasteiger partial charge in [-0.2, -0.15) is 0 Å². The lowest BCUT2D eigenvalue weighted by atomic mass is 10.1. The molecule has 116 valence electrons. The van der Waals surface area contributed by atoms with Gasteiger partial charge in [-0.3, -0.25) is 4.79 Å². The molecule has 0 saturated carbocycles. The number of aryl methyl sites for hydroxylation is 1. The summed E-state index contributed by atoms with van der Waals surface area (Å²) in [5.41, 5.74) is -0.0666. The van der Waals surface area contributed by atoms with Crippen LogP contribution in [0.15, 0.2) is 34.1 Å². The molecular formula is C14H17BrN6O. The maximum atomic E-state index is 12.2. The fraction of sp³-hybridized carbons (Fsp3) is 0.429. The number of rotatable bonds is 3. The first-order chi connectivity index (χ1) is 10.6. The maximum absolute atomic E-state index is 12.2. The Morgan fingerprint density at radius 2 is 2.09 bits per heavy atom. The fourth-order valence-electron chi connectivity index (χ4n) is 2.56. The molecule has 0 unspecified atom stereocenters. The molecule has 1 aliphatic heterocycles. The van der Waals surface area contributed by atoms with E-state index in [4.69, 9.17) is 0 Å². The van der Waals surface area contributed by atoms with Crippen LogP contribution in [0.2, 0.25) is 0 Å². The van der Waals surface area contributed by atoms with Crippen molar-refractivity contribution < 1.29 is 0 Å². The summed E-state index contributed by atoms with van der Waals surface area (Å²) in [4.78, 5) is 26.9. The molecule has 1 fully saturated rings. The lowest BCUT2D eigenvalue weighted by molar-refractivity contribution is 0.521.